The van der Waals surface area contributed by atoms with E-state index < -0.39 is 5.97 Å². The van der Waals surface area contributed by atoms with E-state index in [2.05, 4.69) is 20.8 Å². The van der Waals surface area contributed by atoms with Gasteiger partial charge in [0.2, 0.25) is 0 Å². The third-order valence-corrected chi connectivity index (χ3v) is 4.43. The highest BCUT2D eigenvalue weighted by molar-refractivity contribution is 5.76. The third-order valence-electron chi connectivity index (χ3n) is 4.43. The fraction of sp³-hybridized carbons (Fsp3) is 0.875. The van der Waals surface area contributed by atoms with Gasteiger partial charge in [0.25, 0.3) is 0 Å². The van der Waals surface area contributed by atoms with Crippen molar-refractivity contribution >= 4 is 12.0 Å². The van der Waals surface area contributed by atoms with Gasteiger partial charge in [0.15, 0.2) is 0 Å². The van der Waals surface area contributed by atoms with Crippen molar-refractivity contribution in [3.63, 3.8) is 0 Å². The zero-order chi connectivity index (χ0) is 16.2. The smallest absolute Gasteiger partial charge is 0.320 e. The number of hydrogen-bond acceptors (Lipinski definition) is 2. The number of carboxylic acid groups (broad SMARTS) is 1. The fourth-order valence-corrected chi connectivity index (χ4v) is 2.91. The van der Waals surface area contributed by atoms with Crippen LogP contribution in [-0.4, -0.2) is 52.6 Å². The highest BCUT2D eigenvalue weighted by Gasteiger charge is 2.32. The molecule has 5 nitrogen and oxygen atoms in total. The molecule has 0 saturated carbocycles. The molecule has 1 rings (SSSR count). The van der Waals surface area contributed by atoms with Gasteiger partial charge in [0.05, 0.1) is 6.42 Å². The lowest BCUT2D eigenvalue weighted by Gasteiger charge is -2.41. The van der Waals surface area contributed by atoms with Crippen molar-refractivity contribution < 1.29 is 14.7 Å². The van der Waals surface area contributed by atoms with Gasteiger partial charge in [0, 0.05) is 25.7 Å². The van der Waals surface area contributed by atoms with Gasteiger partial charge in [0.1, 0.15) is 0 Å². The Balaban J connectivity index is 2.59. The normalized spacial score (nSPS) is 17.1. The molecule has 0 bridgehead atoms. The summed E-state index contributed by atoms with van der Waals surface area (Å²) in [6.07, 6.45) is 2.06. The predicted molar refractivity (Wildman–Crippen MR) is 83.2 cm³/mol. The molecule has 1 N–H and O–H groups in total. The fourth-order valence-electron chi connectivity index (χ4n) is 2.91. The van der Waals surface area contributed by atoms with E-state index in [-0.39, 0.29) is 30.5 Å². The molecular formula is C16H30N2O3. The number of aliphatic carboxylic acids is 1. The molecule has 5 heteroatoms. The van der Waals surface area contributed by atoms with E-state index in [1.54, 1.807) is 4.90 Å². The number of rotatable bonds is 4. The number of likely N-dealkylation sites (tertiary alicyclic amines) is 1. The first-order chi connectivity index (χ1) is 9.62. The molecule has 0 aliphatic carbocycles. The van der Waals surface area contributed by atoms with Gasteiger partial charge in [-0.25, -0.2) is 4.79 Å². The summed E-state index contributed by atoms with van der Waals surface area (Å²) in [7, 11) is 0. The van der Waals surface area contributed by atoms with Gasteiger partial charge >= 0.3 is 12.0 Å². The van der Waals surface area contributed by atoms with Crippen LogP contribution in [0.5, 0.6) is 0 Å². The van der Waals surface area contributed by atoms with E-state index in [0.29, 0.717) is 5.92 Å². The molecule has 2 amide bonds. The first-order valence-electron chi connectivity index (χ1n) is 7.90. The quantitative estimate of drug-likeness (QED) is 0.867. The molecule has 0 atom stereocenters. The number of urea groups is 1. The summed E-state index contributed by atoms with van der Waals surface area (Å²) in [5, 5.41) is 8.81. The molecule has 0 unspecified atom stereocenters. The number of carbonyl (C=O) groups excluding carboxylic acids is 1. The summed E-state index contributed by atoms with van der Waals surface area (Å²) in [5.74, 6) is -0.215. The third kappa shape index (κ3) is 5.21. The van der Waals surface area contributed by atoms with Crippen LogP contribution in [0.3, 0.4) is 0 Å². The minimum atomic E-state index is -0.861. The van der Waals surface area contributed by atoms with Crippen LogP contribution in [-0.2, 0) is 4.79 Å². The molecule has 0 aromatic heterocycles. The van der Waals surface area contributed by atoms with Crippen LogP contribution >= 0.6 is 0 Å². The Bertz CT molecular complexity index is 366. The average molecular weight is 298 g/mol. The maximum Gasteiger partial charge on any atom is 0.320 e. The molecule has 1 aliphatic heterocycles. The zero-order valence-corrected chi connectivity index (χ0v) is 14.1. The molecule has 0 radical (unpaired) electrons. The van der Waals surface area contributed by atoms with Crippen LogP contribution in [0.15, 0.2) is 0 Å². The lowest BCUT2D eigenvalue weighted by molar-refractivity contribution is -0.137. The molecule has 1 fully saturated rings. The minimum absolute atomic E-state index is 0.00236. The molecule has 1 heterocycles. The van der Waals surface area contributed by atoms with Crippen molar-refractivity contribution in [1.29, 1.82) is 0 Å². The maximum absolute atomic E-state index is 12.6. The van der Waals surface area contributed by atoms with Crippen LogP contribution in [0, 0.1) is 11.3 Å². The second kappa shape index (κ2) is 7.14. The summed E-state index contributed by atoms with van der Waals surface area (Å²) in [4.78, 5) is 26.8. The van der Waals surface area contributed by atoms with Crippen LogP contribution in [0.1, 0.15) is 53.9 Å². The van der Waals surface area contributed by atoms with E-state index in [0.717, 1.165) is 25.9 Å². The zero-order valence-electron chi connectivity index (χ0n) is 14.1. The standard InChI is InChI=1S/C16H30N2O3/c1-12(2)18(11-8-14(19)20)15(21)17-9-6-13(7-10-17)16(3,4)5/h12-13H,6-11H2,1-5H3,(H,19,20). The Hall–Kier alpha value is -1.26. The SMILES string of the molecule is CC(C)N(CCC(=O)O)C(=O)N1CCC(C(C)(C)C)CC1. The highest BCUT2D eigenvalue weighted by Crippen LogP contribution is 2.34. The van der Waals surface area contributed by atoms with E-state index in [4.69, 9.17) is 5.11 Å². The first kappa shape index (κ1) is 17.8. The van der Waals surface area contributed by atoms with Crippen LogP contribution in [0.2, 0.25) is 0 Å². The Morgan fingerprint density at radius 1 is 1.24 bits per heavy atom. The second-order valence-corrected chi connectivity index (χ2v) is 7.34. The number of carboxylic acids is 1. The summed E-state index contributed by atoms with van der Waals surface area (Å²) in [5.41, 5.74) is 0.288. The van der Waals surface area contributed by atoms with Crippen molar-refractivity contribution in [3.05, 3.63) is 0 Å². The molecular weight excluding hydrogens is 268 g/mol. The number of amides is 2. The maximum atomic E-state index is 12.6. The van der Waals surface area contributed by atoms with E-state index in [9.17, 15) is 9.59 Å². The van der Waals surface area contributed by atoms with Gasteiger partial charge in [-0.05, 0) is 38.0 Å². The van der Waals surface area contributed by atoms with Crippen LogP contribution in [0.25, 0.3) is 0 Å². The van der Waals surface area contributed by atoms with Gasteiger partial charge in [-0.15, -0.1) is 0 Å². The minimum Gasteiger partial charge on any atom is -0.481 e. The van der Waals surface area contributed by atoms with Crippen molar-refractivity contribution in [3.8, 4) is 0 Å². The van der Waals surface area contributed by atoms with Gasteiger partial charge in [-0.2, -0.15) is 0 Å². The van der Waals surface area contributed by atoms with Gasteiger partial charge in [-0.1, -0.05) is 20.8 Å². The first-order valence-corrected chi connectivity index (χ1v) is 7.90. The number of piperidine rings is 1. The summed E-state index contributed by atoms with van der Waals surface area (Å²) < 4.78 is 0. The lowest BCUT2D eigenvalue weighted by atomic mass is 9.75. The lowest BCUT2D eigenvalue weighted by Crippen LogP contribution is -2.50. The van der Waals surface area contributed by atoms with Crippen molar-refractivity contribution in [2.24, 2.45) is 11.3 Å². The summed E-state index contributed by atoms with van der Waals surface area (Å²) in [6.45, 7) is 12.5. The largest absolute Gasteiger partial charge is 0.481 e. The van der Waals surface area contributed by atoms with Crippen molar-refractivity contribution in [2.45, 2.75) is 59.9 Å². The Morgan fingerprint density at radius 3 is 2.14 bits per heavy atom. The van der Waals surface area contributed by atoms with Crippen molar-refractivity contribution in [1.82, 2.24) is 9.80 Å². The highest BCUT2D eigenvalue weighted by atomic mass is 16.4. The molecule has 122 valence electrons. The van der Waals surface area contributed by atoms with E-state index in [1.165, 1.54) is 0 Å². The number of carbonyl (C=O) groups is 2. The van der Waals surface area contributed by atoms with E-state index >= 15 is 0 Å². The molecule has 21 heavy (non-hydrogen) atoms. The number of hydrogen-bond donors (Lipinski definition) is 1. The predicted octanol–water partition coefficient (Wildman–Crippen LogP) is 3.05. The van der Waals surface area contributed by atoms with Crippen LogP contribution in [0.4, 0.5) is 4.79 Å². The second-order valence-electron chi connectivity index (χ2n) is 7.34. The molecule has 0 spiro atoms. The molecule has 1 aliphatic rings. The Labute approximate surface area is 128 Å². The monoisotopic (exact) mass is 298 g/mol. The summed E-state index contributed by atoms with van der Waals surface area (Å²) in [6, 6.07) is 0.01000. The van der Waals surface area contributed by atoms with Gasteiger partial charge in [-0.3, -0.25) is 4.79 Å². The Morgan fingerprint density at radius 2 is 1.76 bits per heavy atom. The van der Waals surface area contributed by atoms with Gasteiger partial charge < -0.3 is 14.9 Å². The van der Waals surface area contributed by atoms with E-state index in [1.807, 2.05) is 18.7 Å². The van der Waals surface area contributed by atoms with Crippen LogP contribution < -0.4 is 0 Å². The molecule has 0 aromatic carbocycles. The Kier molecular flexibility index (Phi) is 6.05. The summed E-state index contributed by atoms with van der Waals surface area (Å²) >= 11 is 0. The average Bonchev–Trinajstić information content (AvgIpc) is 2.37. The molecule has 1 saturated heterocycles. The molecule has 0 aromatic rings. The van der Waals surface area contributed by atoms with Crippen molar-refractivity contribution in [2.75, 3.05) is 19.6 Å². The topological polar surface area (TPSA) is 60.9 Å². The number of nitrogens with zero attached hydrogens (tertiary/aromatic N) is 2.